The number of hydrogen-bond acceptors (Lipinski definition) is 3. The van der Waals surface area contributed by atoms with E-state index in [2.05, 4.69) is 22.0 Å². The maximum Gasteiger partial charge on any atom is 0.154 e. The lowest BCUT2D eigenvalue weighted by Gasteiger charge is -2.25. The van der Waals surface area contributed by atoms with Gasteiger partial charge >= 0.3 is 0 Å². The maximum atomic E-state index is 4.49. The third-order valence-electron chi connectivity index (χ3n) is 3.51. The third kappa shape index (κ3) is 1.45. The van der Waals surface area contributed by atoms with Crippen LogP contribution in [0.5, 0.6) is 0 Å². The molecule has 3 rings (SSSR count). The third-order valence-corrected chi connectivity index (χ3v) is 3.51. The highest BCUT2D eigenvalue weighted by atomic mass is 15.3. The van der Waals surface area contributed by atoms with Gasteiger partial charge in [-0.3, -0.25) is 0 Å². The molecule has 0 spiro atoms. The summed E-state index contributed by atoms with van der Waals surface area (Å²) in [5, 5.41) is 4.24. The minimum absolute atomic E-state index is 0.647. The molecule has 0 bridgehead atoms. The Labute approximate surface area is 94.9 Å². The fourth-order valence-electron chi connectivity index (χ4n) is 2.58. The van der Waals surface area contributed by atoms with Gasteiger partial charge in [0.15, 0.2) is 5.82 Å². The van der Waals surface area contributed by atoms with Crippen molar-refractivity contribution in [1.82, 2.24) is 14.6 Å². The Hall–Kier alpha value is -1.58. The SMILES string of the molecule is CN(c1nccn2nccc12)C1CCCC1. The van der Waals surface area contributed by atoms with E-state index in [1.165, 1.54) is 25.7 Å². The quantitative estimate of drug-likeness (QED) is 0.771. The van der Waals surface area contributed by atoms with Crippen LogP contribution in [0.25, 0.3) is 5.52 Å². The van der Waals surface area contributed by atoms with Crippen LogP contribution in [-0.4, -0.2) is 27.7 Å². The Morgan fingerprint density at radius 1 is 1.31 bits per heavy atom. The molecule has 2 aromatic rings. The number of anilines is 1. The van der Waals surface area contributed by atoms with E-state index in [1.54, 1.807) is 0 Å². The van der Waals surface area contributed by atoms with Gasteiger partial charge in [0.25, 0.3) is 0 Å². The van der Waals surface area contributed by atoms with Crippen LogP contribution in [0.2, 0.25) is 0 Å². The predicted octanol–water partition coefficient (Wildman–Crippen LogP) is 2.11. The molecule has 16 heavy (non-hydrogen) atoms. The topological polar surface area (TPSA) is 33.4 Å². The molecule has 0 unspecified atom stereocenters. The molecule has 0 amide bonds. The highest BCUT2D eigenvalue weighted by molar-refractivity contribution is 5.68. The van der Waals surface area contributed by atoms with Gasteiger partial charge in [-0.2, -0.15) is 5.10 Å². The van der Waals surface area contributed by atoms with Crippen molar-refractivity contribution in [1.29, 1.82) is 0 Å². The molecule has 1 saturated carbocycles. The molecule has 0 aliphatic heterocycles. The Morgan fingerprint density at radius 3 is 2.94 bits per heavy atom. The fraction of sp³-hybridized carbons (Fsp3) is 0.500. The van der Waals surface area contributed by atoms with Gasteiger partial charge < -0.3 is 4.90 Å². The number of hydrogen-bond donors (Lipinski definition) is 0. The summed E-state index contributed by atoms with van der Waals surface area (Å²) in [5.74, 6) is 1.05. The molecule has 4 heteroatoms. The van der Waals surface area contributed by atoms with Gasteiger partial charge in [-0.25, -0.2) is 9.50 Å². The van der Waals surface area contributed by atoms with E-state index in [9.17, 15) is 0 Å². The van der Waals surface area contributed by atoms with E-state index in [0.29, 0.717) is 6.04 Å². The molecule has 2 heterocycles. The van der Waals surface area contributed by atoms with E-state index in [4.69, 9.17) is 0 Å². The summed E-state index contributed by atoms with van der Waals surface area (Å²) in [6.07, 6.45) is 10.8. The second-order valence-electron chi connectivity index (χ2n) is 4.46. The van der Waals surface area contributed by atoms with Crippen molar-refractivity contribution in [3.05, 3.63) is 24.7 Å². The maximum absolute atomic E-state index is 4.49. The summed E-state index contributed by atoms with van der Waals surface area (Å²) in [6.45, 7) is 0. The fourth-order valence-corrected chi connectivity index (χ4v) is 2.58. The molecule has 0 aromatic carbocycles. The van der Waals surface area contributed by atoms with Gasteiger partial charge in [0, 0.05) is 25.5 Å². The van der Waals surface area contributed by atoms with Gasteiger partial charge in [-0.15, -0.1) is 0 Å². The zero-order valence-electron chi connectivity index (χ0n) is 9.50. The molecule has 0 saturated heterocycles. The van der Waals surface area contributed by atoms with Crippen LogP contribution in [0, 0.1) is 0 Å². The van der Waals surface area contributed by atoms with Crippen molar-refractivity contribution >= 4 is 11.3 Å². The molecule has 0 atom stereocenters. The van der Waals surface area contributed by atoms with E-state index in [1.807, 2.05) is 29.2 Å². The van der Waals surface area contributed by atoms with Crippen LogP contribution >= 0.6 is 0 Å². The second-order valence-corrected chi connectivity index (χ2v) is 4.46. The normalized spacial score (nSPS) is 17.1. The minimum atomic E-state index is 0.647. The molecule has 84 valence electrons. The first-order chi connectivity index (χ1) is 7.86. The van der Waals surface area contributed by atoms with Gasteiger partial charge in [-0.05, 0) is 18.9 Å². The highest BCUT2D eigenvalue weighted by Gasteiger charge is 2.21. The van der Waals surface area contributed by atoms with Gasteiger partial charge in [0.2, 0.25) is 0 Å². The van der Waals surface area contributed by atoms with Crippen molar-refractivity contribution in [3.8, 4) is 0 Å². The van der Waals surface area contributed by atoms with Gasteiger partial charge in [-0.1, -0.05) is 12.8 Å². The first-order valence-corrected chi connectivity index (χ1v) is 5.87. The lowest BCUT2D eigenvalue weighted by Crippen LogP contribution is -2.29. The smallest absolute Gasteiger partial charge is 0.154 e. The Balaban J connectivity index is 2.00. The molecule has 1 aliphatic carbocycles. The molecule has 4 nitrogen and oxygen atoms in total. The number of nitrogens with zero attached hydrogens (tertiary/aromatic N) is 4. The average molecular weight is 216 g/mol. The largest absolute Gasteiger partial charge is 0.355 e. The summed E-state index contributed by atoms with van der Waals surface area (Å²) in [5.41, 5.74) is 1.09. The van der Waals surface area contributed by atoms with E-state index in [-0.39, 0.29) is 0 Å². The van der Waals surface area contributed by atoms with Crippen LogP contribution in [-0.2, 0) is 0 Å². The van der Waals surface area contributed by atoms with Crippen molar-refractivity contribution in [2.24, 2.45) is 0 Å². The molecule has 1 fully saturated rings. The summed E-state index contributed by atoms with van der Waals surface area (Å²) >= 11 is 0. The lowest BCUT2D eigenvalue weighted by molar-refractivity contribution is 0.646. The number of fused-ring (bicyclic) bond motifs is 1. The zero-order chi connectivity index (χ0) is 11.0. The summed E-state index contributed by atoms with van der Waals surface area (Å²) < 4.78 is 1.88. The van der Waals surface area contributed by atoms with E-state index >= 15 is 0 Å². The van der Waals surface area contributed by atoms with Gasteiger partial charge in [0.05, 0.1) is 6.20 Å². The number of rotatable bonds is 2. The van der Waals surface area contributed by atoms with Crippen LogP contribution < -0.4 is 4.90 Å². The van der Waals surface area contributed by atoms with Crippen LogP contribution in [0.15, 0.2) is 24.7 Å². The summed E-state index contributed by atoms with van der Waals surface area (Å²) in [4.78, 5) is 6.80. The molecular formula is C12H16N4. The molecular weight excluding hydrogens is 200 g/mol. The van der Waals surface area contributed by atoms with Crippen molar-refractivity contribution in [2.45, 2.75) is 31.7 Å². The van der Waals surface area contributed by atoms with Crippen molar-refractivity contribution in [3.63, 3.8) is 0 Å². The van der Waals surface area contributed by atoms with Crippen molar-refractivity contribution in [2.75, 3.05) is 11.9 Å². The summed E-state index contributed by atoms with van der Waals surface area (Å²) in [6, 6.07) is 2.67. The van der Waals surface area contributed by atoms with E-state index in [0.717, 1.165) is 11.3 Å². The predicted molar refractivity (Wildman–Crippen MR) is 63.6 cm³/mol. The number of aromatic nitrogens is 3. The van der Waals surface area contributed by atoms with Crippen molar-refractivity contribution < 1.29 is 0 Å². The Bertz CT molecular complexity index is 484. The average Bonchev–Trinajstić information content (AvgIpc) is 2.98. The van der Waals surface area contributed by atoms with Gasteiger partial charge in [0.1, 0.15) is 5.52 Å². The molecule has 2 aromatic heterocycles. The van der Waals surface area contributed by atoms with Crippen LogP contribution in [0.3, 0.4) is 0 Å². The minimum Gasteiger partial charge on any atom is -0.355 e. The molecule has 0 radical (unpaired) electrons. The van der Waals surface area contributed by atoms with Crippen LogP contribution in [0.4, 0.5) is 5.82 Å². The lowest BCUT2D eigenvalue weighted by atomic mass is 10.2. The monoisotopic (exact) mass is 216 g/mol. The first kappa shape index (κ1) is 9.63. The Morgan fingerprint density at radius 2 is 2.12 bits per heavy atom. The summed E-state index contributed by atoms with van der Waals surface area (Å²) in [7, 11) is 2.14. The zero-order valence-corrected chi connectivity index (χ0v) is 9.50. The highest BCUT2D eigenvalue weighted by Crippen LogP contribution is 2.27. The standard InChI is InChI=1S/C12H16N4/c1-15(10-4-2-3-5-10)12-11-6-7-14-16(11)9-8-13-12/h6-10H,2-5H2,1H3. The Kier molecular flexibility index (Phi) is 2.27. The van der Waals surface area contributed by atoms with Crippen LogP contribution in [0.1, 0.15) is 25.7 Å². The first-order valence-electron chi connectivity index (χ1n) is 5.87. The molecule has 0 N–H and O–H groups in total. The van der Waals surface area contributed by atoms with E-state index < -0.39 is 0 Å². The molecule has 1 aliphatic rings. The second kappa shape index (κ2) is 3.77.